The van der Waals surface area contributed by atoms with Crippen molar-refractivity contribution in [1.82, 2.24) is 5.43 Å². The zero-order valence-electron chi connectivity index (χ0n) is 12.5. The Morgan fingerprint density at radius 1 is 1.13 bits per heavy atom. The number of anilines is 1. The molecule has 0 atom stereocenters. The first kappa shape index (κ1) is 15.2. The van der Waals surface area contributed by atoms with E-state index in [9.17, 15) is 4.79 Å². The molecule has 0 saturated heterocycles. The number of para-hydroxylation sites is 2. The topological polar surface area (TPSA) is 62.7 Å². The molecule has 1 aliphatic rings. The Balaban J connectivity index is 1.71. The van der Waals surface area contributed by atoms with Gasteiger partial charge in [0.25, 0.3) is 0 Å². The van der Waals surface area contributed by atoms with Crippen LogP contribution in [-0.4, -0.2) is 23.7 Å². The highest BCUT2D eigenvalue weighted by molar-refractivity contribution is 7.80. The van der Waals surface area contributed by atoms with Crippen molar-refractivity contribution < 1.29 is 9.53 Å². The second-order valence-corrected chi connectivity index (χ2v) is 5.38. The summed E-state index contributed by atoms with van der Waals surface area (Å²) >= 11 is 5.24. The third-order valence-electron chi connectivity index (χ3n) is 3.51. The van der Waals surface area contributed by atoms with Crippen LogP contribution < -0.4 is 15.5 Å². The molecule has 1 aliphatic carbocycles. The fourth-order valence-electron chi connectivity index (χ4n) is 2.44. The van der Waals surface area contributed by atoms with Gasteiger partial charge in [0.1, 0.15) is 5.75 Å². The first-order valence-electron chi connectivity index (χ1n) is 7.08. The van der Waals surface area contributed by atoms with Crippen LogP contribution in [0.3, 0.4) is 0 Å². The Labute approximate surface area is 139 Å². The van der Waals surface area contributed by atoms with E-state index in [0.717, 1.165) is 11.3 Å². The molecule has 0 saturated carbocycles. The van der Waals surface area contributed by atoms with Gasteiger partial charge in [-0.1, -0.05) is 36.4 Å². The Morgan fingerprint density at radius 2 is 1.83 bits per heavy atom. The van der Waals surface area contributed by atoms with Gasteiger partial charge in [-0.3, -0.25) is 10.2 Å². The summed E-state index contributed by atoms with van der Waals surface area (Å²) in [5, 5.41) is 7.62. The number of fused-ring (bicyclic) bond motifs is 1. The highest BCUT2D eigenvalue weighted by Gasteiger charge is 2.24. The maximum absolute atomic E-state index is 11.9. The second kappa shape index (κ2) is 6.58. The van der Waals surface area contributed by atoms with Crippen molar-refractivity contribution in [2.24, 2.45) is 5.10 Å². The van der Waals surface area contributed by atoms with E-state index in [1.165, 1.54) is 0 Å². The summed E-state index contributed by atoms with van der Waals surface area (Å²) in [4.78, 5) is 11.9. The lowest BCUT2D eigenvalue weighted by Crippen LogP contribution is -2.25. The molecule has 0 fully saturated rings. The van der Waals surface area contributed by atoms with Crippen molar-refractivity contribution in [2.75, 3.05) is 12.4 Å². The number of carbonyl (C=O) groups is 1. The normalized spacial score (nSPS) is 14.5. The monoisotopic (exact) mass is 325 g/mol. The lowest BCUT2D eigenvalue weighted by Gasteiger charge is -2.11. The third-order valence-corrected chi connectivity index (χ3v) is 3.71. The molecule has 23 heavy (non-hydrogen) atoms. The van der Waals surface area contributed by atoms with E-state index in [2.05, 4.69) is 15.8 Å². The number of ketones is 1. The lowest BCUT2D eigenvalue weighted by atomic mass is 10.1. The van der Waals surface area contributed by atoms with Crippen molar-refractivity contribution in [3.63, 3.8) is 0 Å². The van der Waals surface area contributed by atoms with E-state index in [-0.39, 0.29) is 12.2 Å². The van der Waals surface area contributed by atoms with E-state index >= 15 is 0 Å². The van der Waals surface area contributed by atoms with Crippen LogP contribution in [0.5, 0.6) is 5.75 Å². The van der Waals surface area contributed by atoms with E-state index < -0.39 is 0 Å². The van der Waals surface area contributed by atoms with Gasteiger partial charge in [0, 0.05) is 11.1 Å². The van der Waals surface area contributed by atoms with Crippen LogP contribution in [0.15, 0.2) is 53.6 Å². The lowest BCUT2D eigenvalue weighted by molar-refractivity contribution is 0.101. The predicted octanol–water partition coefficient (Wildman–Crippen LogP) is 2.97. The molecule has 0 heterocycles. The van der Waals surface area contributed by atoms with E-state index in [0.29, 0.717) is 22.1 Å². The number of carbonyl (C=O) groups excluding carboxylic acids is 1. The summed E-state index contributed by atoms with van der Waals surface area (Å²) in [5.74, 6) is 0.760. The number of hydrogen-bond donors (Lipinski definition) is 2. The van der Waals surface area contributed by atoms with Gasteiger partial charge in [-0.05, 0) is 24.4 Å². The molecule has 0 bridgehead atoms. The number of hydrazone groups is 1. The average Bonchev–Trinajstić information content (AvgIpc) is 2.90. The maximum Gasteiger partial charge on any atom is 0.191 e. The van der Waals surface area contributed by atoms with E-state index in [1.54, 1.807) is 7.11 Å². The van der Waals surface area contributed by atoms with E-state index in [1.807, 2.05) is 48.5 Å². The van der Waals surface area contributed by atoms with Crippen LogP contribution in [0.4, 0.5) is 5.69 Å². The molecule has 2 N–H and O–H groups in total. The summed E-state index contributed by atoms with van der Waals surface area (Å²) in [5.41, 5.74) is 5.78. The number of benzene rings is 2. The van der Waals surface area contributed by atoms with Crippen LogP contribution in [0.2, 0.25) is 0 Å². The molecule has 0 spiro atoms. The van der Waals surface area contributed by atoms with Gasteiger partial charge in [0.05, 0.1) is 24.9 Å². The second-order valence-electron chi connectivity index (χ2n) is 4.97. The van der Waals surface area contributed by atoms with Crippen LogP contribution in [0.25, 0.3) is 0 Å². The van der Waals surface area contributed by atoms with Gasteiger partial charge in [-0.15, -0.1) is 0 Å². The molecule has 0 unspecified atom stereocenters. The highest BCUT2D eigenvalue weighted by atomic mass is 32.1. The summed E-state index contributed by atoms with van der Waals surface area (Å²) < 4.78 is 5.25. The van der Waals surface area contributed by atoms with Crippen LogP contribution in [0.1, 0.15) is 22.3 Å². The molecule has 0 radical (unpaired) electrons. The SMILES string of the molecule is COc1ccccc1NC(=S)NN=C1CC(=O)c2ccccc21. The number of thiocarbonyl (C=S) groups is 1. The highest BCUT2D eigenvalue weighted by Crippen LogP contribution is 2.23. The van der Waals surface area contributed by atoms with Crippen LogP contribution >= 0.6 is 12.2 Å². The number of nitrogens with zero attached hydrogens (tertiary/aromatic N) is 1. The van der Waals surface area contributed by atoms with Gasteiger partial charge in [-0.2, -0.15) is 5.10 Å². The smallest absolute Gasteiger partial charge is 0.191 e. The van der Waals surface area contributed by atoms with Gasteiger partial charge in [0.2, 0.25) is 0 Å². The summed E-state index contributed by atoms with van der Waals surface area (Å²) in [6, 6.07) is 14.9. The van der Waals surface area contributed by atoms with Crippen molar-refractivity contribution in [2.45, 2.75) is 6.42 Å². The van der Waals surface area contributed by atoms with Crippen molar-refractivity contribution in [3.05, 3.63) is 59.7 Å². The molecule has 3 rings (SSSR count). The number of methoxy groups -OCH3 is 1. The molecule has 6 heteroatoms. The van der Waals surface area contributed by atoms with Gasteiger partial charge < -0.3 is 10.1 Å². The molecule has 0 aromatic heterocycles. The standard InChI is InChI=1S/C17H15N3O2S/c1-22-16-9-5-4-8-13(16)18-17(23)20-19-14-10-15(21)12-7-3-2-6-11(12)14/h2-9H,10H2,1H3,(H2,18,20,23). The Morgan fingerprint density at radius 3 is 2.61 bits per heavy atom. The minimum atomic E-state index is 0.0738. The number of nitrogens with one attached hydrogen (secondary N) is 2. The van der Waals surface area contributed by atoms with Crippen LogP contribution in [-0.2, 0) is 0 Å². The fourth-order valence-corrected chi connectivity index (χ4v) is 2.59. The van der Waals surface area contributed by atoms with E-state index in [4.69, 9.17) is 17.0 Å². The van der Waals surface area contributed by atoms with Crippen molar-refractivity contribution in [1.29, 1.82) is 0 Å². The molecule has 0 amide bonds. The summed E-state index contributed by atoms with van der Waals surface area (Å²) in [6.07, 6.45) is 0.281. The number of hydrogen-bond acceptors (Lipinski definition) is 4. The first-order chi connectivity index (χ1) is 11.2. The predicted molar refractivity (Wildman–Crippen MR) is 94.3 cm³/mol. The largest absolute Gasteiger partial charge is 0.495 e. The molecular formula is C17H15N3O2S. The Hall–Kier alpha value is -2.73. The van der Waals surface area contributed by atoms with Crippen molar-refractivity contribution >= 4 is 34.5 Å². The number of rotatable bonds is 3. The molecule has 2 aromatic rings. The number of ether oxygens (including phenoxy) is 1. The fraction of sp³-hybridized carbons (Fsp3) is 0.118. The van der Waals surface area contributed by atoms with Gasteiger partial charge >= 0.3 is 0 Å². The Bertz CT molecular complexity index is 802. The zero-order valence-corrected chi connectivity index (χ0v) is 13.3. The summed E-state index contributed by atoms with van der Waals surface area (Å²) in [7, 11) is 1.60. The van der Waals surface area contributed by atoms with Crippen LogP contribution in [0, 0.1) is 0 Å². The summed E-state index contributed by atoms with van der Waals surface area (Å²) in [6.45, 7) is 0. The van der Waals surface area contributed by atoms with Gasteiger partial charge in [0.15, 0.2) is 10.9 Å². The molecule has 116 valence electrons. The third kappa shape index (κ3) is 3.22. The zero-order chi connectivity index (χ0) is 16.2. The Kier molecular flexibility index (Phi) is 4.34. The number of Topliss-reactive ketones (excluding diaryl/α,β-unsaturated/α-hetero) is 1. The molecule has 2 aromatic carbocycles. The quantitative estimate of drug-likeness (QED) is 0.671. The molecule has 5 nitrogen and oxygen atoms in total. The minimum absolute atomic E-state index is 0.0738. The minimum Gasteiger partial charge on any atom is -0.495 e. The van der Waals surface area contributed by atoms with Crippen molar-refractivity contribution in [3.8, 4) is 5.75 Å². The maximum atomic E-state index is 11.9. The molecular weight excluding hydrogens is 310 g/mol. The van der Waals surface area contributed by atoms with Gasteiger partial charge in [-0.25, -0.2) is 0 Å². The first-order valence-corrected chi connectivity index (χ1v) is 7.49. The average molecular weight is 325 g/mol. The molecule has 0 aliphatic heterocycles.